The van der Waals surface area contributed by atoms with Gasteiger partial charge in [0.2, 0.25) is 0 Å². The Morgan fingerprint density at radius 2 is 2.29 bits per heavy atom. The van der Waals surface area contributed by atoms with Crippen molar-refractivity contribution in [1.29, 1.82) is 0 Å². The summed E-state index contributed by atoms with van der Waals surface area (Å²) >= 11 is 0. The van der Waals surface area contributed by atoms with Crippen LogP contribution in [-0.2, 0) is 6.61 Å². The first kappa shape index (κ1) is 12.4. The molecule has 0 radical (unpaired) electrons. The van der Waals surface area contributed by atoms with Gasteiger partial charge in [0.1, 0.15) is 0 Å². The van der Waals surface area contributed by atoms with Crippen LogP contribution in [0.3, 0.4) is 0 Å². The minimum atomic E-state index is 0.0166. The number of aliphatic hydroxyl groups excluding tert-OH is 1. The van der Waals surface area contributed by atoms with E-state index in [0.29, 0.717) is 6.04 Å². The smallest absolute Gasteiger partial charge is 0.0853 e. The average molecular weight is 234 g/mol. The van der Waals surface area contributed by atoms with Gasteiger partial charge in [0.15, 0.2) is 0 Å². The molecule has 1 heterocycles. The number of rotatable bonds is 3. The Morgan fingerprint density at radius 3 is 3.00 bits per heavy atom. The van der Waals surface area contributed by atoms with Crippen molar-refractivity contribution in [2.45, 2.75) is 45.3 Å². The van der Waals surface area contributed by atoms with E-state index < -0.39 is 0 Å². The molecule has 2 unspecified atom stereocenters. The third-order valence-corrected chi connectivity index (χ3v) is 3.83. The van der Waals surface area contributed by atoms with Gasteiger partial charge in [-0.25, -0.2) is 0 Å². The van der Waals surface area contributed by atoms with Crippen molar-refractivity contribution >= 4 is 5.69 Å². The minimum Gasteiger partial charge on any atom is -0.390 e. The Kier molecular flexibility index (Phi) is 4.00. The van der Waals surface area contributed by atoms with E-state index in [-0.39, 0.29) is 6.61 Å². The van der Waals surface area contributed by atoms with Crippen molar-refractivity contribution in [3.05, 3.63) is 24.0 Å². The third-order valence-electron chi connectivity index (χ3n) is 3.83. The molecule has 0 amide bonds. The lowest BCUT2D eigenvalue weighted by Gasteiger charge is -2.35. The summed E-state index contributed by atoms with van der Waals surface area (Å²) < 4.78 is 0. The predicted molar refractivity (Wildman–Crippen MR) is 70.0 cm³/mol. The number of hydrogen-bond donors (Lipinski definition) is 1. The van der Waals surface area contributed by atoms with Crippen molar-refractivity contribution in [2.24, 2.45) is 5.92 Å². The molecule has 0 bridgehead atoms. The molecule has 0 saturated heterocycles. The van der Waals surface area contributed by atoms with E-state index in [1.54, 1.807) is 6.20 Å². The monoisotopic (exact) mass is 234 g/mol. The fourth-order valence-corrected chi connectivity index (χ4v) is 2.74. The maximum absolute atomic E-state index is 9.12. The molecule has 2 rings (SSSR count). The standard InChI is InChI=1S/C14H22N2O/c1-11-4-3-5-13(8-11)16(2)14-6-7-15-12(9-14)10-17/h6-7,9,11,13,17H,3-5,8,10H2,1-2H3. The fraction of sp³-hybridized carbons (Fsp3) is 0.643. The highest BCUT2D eigenvalue weighted by Gasteiger charge is 2.22. The Labute approximate surface area is 103 Å². The van der Waals surface area contributed by atoms with Gasteiger partial charge in [0.25, 0.3) is 0 Å². The number of aromatic nitrogens is 1. The lowest BCUT2D eigenvalue weighted by molar-refractivity contribution is 0.277. The maximum atomic E-state index is 9.12. The lowest BCUT2D eigenvalue weighted by Crippen LogP contribution is -2.35. The molecule has 0 aromatic carbocycles. The number of hydrogen-bond acceptors (Lipinski definition) is 3. The molecular formula is C14H22N2O. The topological polar surface area (TPSA) is 36.4 Å². The second-order valence-corrected chi connectivity index (χ2v) is 5.20. The summed E-state index contributed by atoms with van der Waals surface area (Å²) in [7, 11) is 2.15. The van der Waals surface area contributed by atoms with Crippen LogP contribution in [0.1, 0.15) is 38.3 Å². The highest BCUT2D eigenvalue weighted by atomic mass is 16.3. The molecule has 1 aromatic heterocycles. The van der Waals surface area contributed by atoms with Crippen molar-refractivity contribution in [2.75, 3.05) is 11.9 Å². The van der Waals surface area contributed by atoms with Crippen molar-refractivity contribution in [1.82, 2.24) is 4.98 Å². The molecule has 1 aliphatic rings. The summed E-state index contributed by atoms with van der Waals surface area (Å²) in [5, 5.41) is 9.12. The molecule has 3 nitrogen and oxygen atoms in total. The summed E-state index contributed by atoms with van der Waals surface area (Å²) in [4.78, 5) is 6.47. The molecule has 94 valence electrons. The quantitative estimate of drug-likeness (QED) is 0.873. The molecule has 1 aliphatic carbocycles. The van der Waals surface area contributed by atoms with Crippen LogP contribution < -0.4 is 4.90 Å². The molecule has 0 aliphatic heterocycles. The molecule has 1 aromatic rings. The van der Waals surface area contributed by atoms with E-state index in [1.807, 2.05) is 12.1 Å². The SMILES string of the molecule is CC1CCCC(N(C)c2ccnc(CO)c2)C1. The van der Waals surface area contributed by atoms with Gasteiger partial charge in [-0.15, -0.1) is 0 Å². The highest BCUT2D eigenvalue weighted by Crippen LogP contribution is 2.29. The van der Waals surface area contributed by atoms with Gasteiger partial charge < -0.3 is 10.0 Å². The Balaban J connectivity index is 2.09. The zero-order valence-corrected chi connectivity index (χ0v) is 10.8. The lowest BCUT2D eigenvalue weighted by atomic mass is 9.86. The largest absolute Gasteiger partial charge is 0.390 e. The molecule has 1 N–H and O–H groups in total. The Bertz CT molecular complexity index is 367. The van der Waals surface area contributed by atoms with Crippen molar-refractivity contribution in [3.8, 4) is 0 Å². The van der Waals surface area contributed by atoms with Gasteiger partial charge in [0, 0.05) is 25.0 Å². The molecule has 3 heteroatoms. The summed E-state index contributed by atoms with van der Waals surface area (Å²) in [5.41, 5.74) is 1.92. The summed E-state index contributed by atoms with van der Waals surface area (Å²) in [5.74, 6) is 0.829. The van der Waals surface area contributed by atoms with Crippen LogP contribution in [-0.4, -0.2) is 23.2 Å². The van der Waals surface area contributed by atoms with Crippen LogP contribution in [0, 0.1) is 5.92 Å². The number of pyridine rings is 1. The normalized spacial score (nSPS) is 24.6. The van der Waals surface area contributed by atoms with Crippen molar-refractivity contribution in [3.63, 3.8) is 0 Å². The highest BCUT2D eigenvalue weighted by molar-refractivity contribution is 5.46. The van der Waals surface area contributed by atoms with Crippen LogP contribution >= 0.6 is 0 Å². The maximum Gasteiger partial charge on any atom is 0.0853 e. The summed E-state index contributed by atoms with van der Waals surface area (Å²) in [6.45, 7) is 2.36. The first-order valence-electron chi connectivity index (χ1n) is 6.49. The second-order valence-electron chi connectivity index (χ2n) is 5.20. The van der Waals surface area contributed by atoms with E-state index in [4.69, 9.17) is 5.11 Å². The van der Waals surface area contributed by atoms with Gasteiger partial charge in [-0.3, -0.25) is 4.98 Å². The molecular weight excluding hydrogens is 212 g/mol. The number of nitrogens with zero attached hydrogens (tertiary/aromatic N) is 2. The molecule has 1 saturated carbocycles. The van der Waals surface area contributed by atoms with Crippen LogP contribution in [0.25, 0.3) is 0 Å². The molecule has 17 heavy (non-hydrogen) atoms. The molecule has 2 atom stereocenters. The van der Waals surface area contributed by atoms with E-state index in [2.05, 4.69) is 23.9 Å². The van der Waals surface area contributed by atoms with Crippen LogP contribution in [0.5, 0.6) is 0 Å². The van der Waals surface area contributed by atoms with E-state index >= 15 is 0 Å². The van der Waals surface area contributed by atoms with Gasteiger partial charge >= 0.3 is 0 Å². The van der Waals surface area contributed by atoms with E-state index in [1.165, 1.54) is 31.4 Å². The third kappa shape index (κ3) is 2.97. The average Bonchev–Trinajstić information content (AvgIpc) is 2.38. The molecule has 0 spiro atoms. The van der Waals surface area contributed by atoms with Gasteiger partial charge in [-0.2, -0.15) is 0 Å². The second kappa shape index (κ2) is 5.50. The van der Waals surface area contributed by atoms with E-state index in [0.717, 1.165) is 11.6 Å². The summed E-state index contributed by atoms with van der Waals surface area (Å²) in [6, 6.07) is 4.64. The first-order chi connectivity index (χ1) is 8.20. The number of anilines is 1. The van der Waals surface area contributed by atoms with E-state index in [9.17, 15) is 0 Å². The van der Waals surface area contributed by atoms with Gasteiger partial charge in [-0.1, -0.05) is 19.8 Å². The zero-order chi connectivity index (χ0) is 12.3. The van der Waals surface area contributed by atoms with Crippen LogP contribution in [0.15, 0.2) is 18.3 Å². The predicted octanol–water partition coefficient (Wildman–Crippen LogP) is 2.59. The van der Waals surface area contributed by atoms with Crippen LogP contribution in [0.4, 0.5) is 5.69 Å². The van der Waals surface area contributed by atoms with Crippen LogP contribution in [0.2, 0.25) is 0 Å². The molecule has 1 fully saturated rings. The van der Waals surface area contributed by atoms with Crippen molar-refractivity contribution < 1.29 is 5.11 Å². The number of aliphatic hydroxyl groups is 1. The first-order valence-corrected chi connectivity index (χ1v) is 6.49. The Hall–Kier alpha value is -1.09. The zero-order valence-electron chi connectivity index (χ0n) is 10.8. The minimum absolute atomic E-state index is 0.0166. The Morgan fingerprint density at radius 1 is 1.47 bits per heavy atom. The summed E-state index contributed by atoms with van der Waals surface area (Å²) in [6.07, 6.45) is 7.02. The fourth-order valence-electron chi connectivity index (χ4n) is 2.74. The van der Waals surface area contributed by atoms with Gasteiger partial charge in [-0.05, 0) is 30.9 Å². The van der Waals surface area contributed by atoms with Gasteiger partial charge in [0.05, 0.1) is 12.3 Å².